The number of benzene rings is 16. The third kappa shape index (κ3) is 9.67. The first-order chi connectivity index (χ1) is 47.7. The molecule has 0 spiro atoms. The third-order valence-electron chi connectivity index (χ3n) is 21.7. The molecule has 2 aliphatic rings. The molecule has 2 aliphatic carbocycles. The fraction of sp³-hybridized carbons (Fsp3) is 0.104. The van der Waals surface area contributed by atoms with E-state index in [1.54, 1.807) is 0 Å². The summed E-state index contributed by atoms with van der Waals surface area (Å²) < 4.78 is 0. The van der Waals surface area contributed by atoms with E-state index in [0.717, 1.165) is 34.1 Å². The molecule has 0 saturated carbocycles. The fourth-order valence-electron chi connectivity index (χ4n) is 16.5. The van der Waals surface area contributed by atoms with Crippen LogP contribution < -0.4 is 9.80 Å². The molecule has 2 heteroatoms. The summed E-state index contributed by atoms with van der Waals surface area (Å²) in [5, 5.41) is 12.0. The van der Waals surface area contributed by atoms with Gasteiger partial charge in [-0.25, -0.2) is 0 Å². The van der Waals surface area contributed by atoms with Crippen LogP contribution in [0.25, 0.3) is 121 Å². The highest BCUT2D eigenvalue weighted by atomic mass is 15.1. The summed E-state index contributed by atoms with van der Waals surface area (Å²) in [4.78, 5) is 5.02. The highest BCUT2D eigenvalue weighted by molar-refractivity contribution is 6.23. The Morgan fingerprint density at radius 3 is 0.980 bits per heavy atom. The largest absolute Gasteiger partial charge is 0.310 e. The van der Waals surface area contributed by atoms with Crippen molar-refractivity contribution in [1.82, 2.24) is 0 Å². The molecule has 0 atom stereocenters. The van der Waals surface area contributed by atoms with Gasteiger partial charge in [-0.2, -0.15) is 0 Å². The number of hydrogen-bond donors (Lipinski definition) is 0. The summed E-state index contributed by atoms with van der Waals surface area (Å²) in [6.45, 7) is 16.5. The molecule has 0 unspecified atom stereocenters. The van der Waals surface area contributed by atoms with Crippen molar-refractivity contribution in [2.75, 3.05) is 9.80 Å². The first-order valence-electron chi connectivity index (χ1n) is 34.6. The van der Waals surface area contributed by atoms with Crippen LogP contribution in [-0.2, 0) is 16.2 Å². The van der Waals surface area contributed by atoms with Gasteiger partial charge in [0.2, 0.25) is 0 Å². The van der Waals surface area contributed by atoms with Gasteiger partial charge in [0.25, 0.3) is 0 Å². The molecule has 0 saturated heterocycles. The van der Waals surface area contributed by atoms with E-state index in [4.69, 9.17) is 0 Å². The lowest BCUT2D eigenvalue weighted by atomic mass is 9.81. The zero-order chi connectivity index (χ0) is 66.2. The van der Waals surface area contributed by atoms with Gasteiger partial charge >= 0.3 is 0 Å². The standard InChI is InChI=1S/C96H74N2/c1-94(2,3)73-37-40-74(41-38-73)97(78-42-48-82-80-46-35-69(61-20-10-8-11-21-61)55-88(80)95(4,5)90(82)59-78)76-44-50-84-86(57-76)92(71-32-30-63-24-14-17-27-66(63)52-71)85-51-45-77(58-87(85)93(84)72-33-31-64-25-15-18-28-67(64)53-72)98(75-39-34-65-26-16-19-29-68(65)54-75)79-43-49-83-81-47-36-70(62-22-12-9-13-23-62)56-89(81)96(6,7)91(83)60-79/h8-60H,1-7H3. The van der Waals surface area contributed by atoms with Gasteiger partial charge in [-0.1, -0.05) is 273 Å². The predicted molar refractivity (Wildman–Crippen MR) is 419 cm³/mol. The van der Waals surface area contributed by atoms with Crippen LogP contribution in [-0.4, -0.2) is 0 Å². The van der Waals surface area contributed by atoms with E-state index in [1.165, 1.54) is 148 Å². The number of nitrogens with zero attached hydrogens (tertiary/aromatic N) is 2. The second kappa shape index (κ2) is 22.5. The van der Waals surface area contributed by atoms with E-state index in [9.17, 15) is 0 Å². The number of fused-ring (bicyclic) bond motifs is 11. The van der Waals surface area contributed by atoms with Gasteiger partial charge in [0.05, 0.1) is 0 Å². The van der Waals surface area contributed by atoms with Gasteiger partial charge in [0.15, 0.2) is 0 Å². The maximum Gasteiger partial charge on any atom is 0.0468 e. The van der Waals surface area contributed by atoms with Gasteiger partial charge in [-0.3, -0.25) is 0 Å². The molecule has 98 heavy (non-hydrogen) atoms. The van der Waals surface area contributed by atoms with E-state index >= 15 is 0 Å². The molecule has 0 aliphatic heterocycles. The van der Waals surface area contributed by atoms with Crippen LogP contribution in [0, 0.1) is 0 Å². The highest BCUT2D eigenvalue weighted by Gasteiger charge is 2.38. The summed E-state index contributed by atoms with van der Waals surface area (Å²) in [5.74, 6) is 0. The molecular weight excluding hydrogens is 1180 g/mol. The Balaban J connectivity index is 0.877. The normalized spacial score (nSPS) is 13.4. The molecule has 0 heterocycles. The quantitative estimate of drug-likeness (QED) is 0.126. The Bertz CT molecular complexity index is 5910. The first kappa shape index (κ1) is 59.0. The molecule has 18 rings (SSSR count). The summed E-state index contributed by atoms with van der Waals surface area (Å²) in [6.07, 6.45) is 0. The predicted octanol–water partition coefficient (Wildman–Crippen LogP) is 27.0. The van der Waals surface area contributed by atoms with Crippen LogP contribution in [0.15, 0.2) is 322 Å². The Kier molecular flexibility index (Phi) is 13.5. The van der Waals surface area contributed by atoms with Crippen LogP contribution in [0.2, 0.25) is 0 Å². The molecule has 0 amide bonds. The molecular formula is C96H74N2. The smallest absolute Gasteiger partial charge is 0.0468 e. The molecule has 16 aromatic carbocycles. The zero-order valence-corrected chi connectivity index (χ0v) is 56.5. The van der Waals surface area contributed by atoms with Crippen molar-refractivity contribution in [2.45, 2.75) is 64.7 Å². The summed E-state index contributed by atoms with van der Waals surface area (Å²) in [6, 6.07) is 122. The maximum absolute atomic E-state index is 2.51. The van der Waals surface area contributed by atoms with Crippen molar-refractivity contribution in [1.29, 1.82) is 0 Å². The van der Waals surface area contributed by atoms with Gasteiger partial charge in [-0.05, 0) is 251 Å². The molecule has 0 N–H and O–H groups in total. The van der Waals surface area contributed by atoms with Crippen LogP contribution in [0.3, 0.4) is 0 Å². The van der Waals surface area contributed by atoms with E-state index in [-0.39, 0.29) is 16.2 Å². The van der Waals surface area contributed by atoms with E-state index in [0.29, 0.717) is 0 Å². The molecule has 0 aromatic heterocycles. The molecule has 16 aromatic rings. The van der Waals surface area contributed by atoms with Crippen molar-refractivity contribution in [2.24, 2.45) is 0 Å². The Hall–Kier alpha value is -11.6. The second-order valence-electron chi connectivity index (χ2n) is 29.3. The van der Waals surface area contributed by atoms with Crippen molar-refractivity contribution < 1.29 is 0 Å². The highest BCUT2D eigenvalue weighted by Crippen LogP contribution is 2.56. The van der Waals surface area contributed by atoms with Crippen LogP contribution in [0.4, 0.5) is 34.1 Å². The molecule has 0 bridgehead atoms. The first-order valence-corrected chi connectivity index (χ1v) is 34.6. The van der Waals surface area contributed by atoms with Crippen molar-refractivity contribution in [3.05, 3.63) is 349 Å². The van der Waals surface area contributed by atoms with Gasteiger partial charge < -0.3 is 9.80 Å². The minimum Gasteiger partial charge on any atom is -0.310 e. The average Bonchev–Trinajstić information content (AvgIpc) is 1.24. The average molecular weight is 1260 g/mol. The number of rotatable bonds is 10. The van der Waals surface area contributed by atoms with Crippen LogP contribution >= 0.6 is 0 Å². The summed E-state index contributed by atoms with van der Waals surface area (Å²) in [5.41, 5.74) is 27.6. The number of anilines is 6. The lowest BCUT2D eigenvalue weighted by Crippen LogP contribution is -2.17. The van der Waals surface area contributed by atoms with Crippen molar-refractivity contribution in [3.63, 3.8) is 0 Å². The zero-order valence-electron chi connectivity index (χ0n) is 56.5. The van der Waals surface area contributed by atoms with E-state index in [1.807, 2.05) is 0 Å². The van der Waals surface area contributed by atoms with Crippen LogP contribution in [0.1, 0.15) is 76.3 Å². The molecule has 0 radical (unpaired) electrons. The van der Waals surface area contributed by atoms with Crippen molar-refractivity contribution in [3.8, 4) is 66.8 Å². The molecule has 468 valence electrons. The molecule has 2 nitrogen and oxygen atoms in total. The monoisotopic (exact) mass is 1250 g/mol. The Morgan fingerprint density at radius 2 is 0.541 bits per heavy atom. The summed E-state index contributed by atoms with van der Waals surface area (Å²) in [7, 11) is 0. The Morgan fingerprint density at radius 1 is 0.224 bits per heavy atom. The van der Waals surface area contributed by atoms with E-state index in [2.05, 4.69) is 380 Å². The third-order valence-corrected chi connectivity index (χ3v) is 21.7. The molecule has 0 fully saturated rings. The fourth-order valence-corrected chi connectivity index (χ4v) is 16.5. The maximum atomic E-state index is 2.51. The van der Waals surface area contributed by atoms with Gasteiger partial charge in [0.1, 0.15) is 0 Å². The Labute approximate surface area is 575 Å². The second-order valence-corrected chi connectivity index (χ2v) is 29.3. The van der Waals surface area contributed by atoms with Gasteiger partial charge in [-0.15, -0.1) is 0 Å². The number of hydrogen-bond acceptors (Lipinski definition) is 2. The lowest BCUT2D eigenvalue weighted by molar-refractivity contribution is 0.590. The van der Waals surface area contributed by atoms with Crippen molar-refractivity contribution >= 4 is 88.0 Å². The van der Waals surface area contributed by atoms with Crippen LogP contribution in [0.5, 0.6) is 0 Å². The topological polar surface area (TPSA) is 6.48 Å². The lowest BCUT2D eigenvalue weighted by Gasteiger charge is -2.30. The minimum absolute atomic E-state index is 0.0198. The SMILES string of the molecule is CC(C)(C)c1ccc(N(c2ccc3c(c2)C(C)(C)c2cc(-c4ccccc4)ccc2-3)c2ccc3c(-c4ccc5ccccc5c4)c4cc(N(c5ccc6c(c5)C(C)(C)c5cc(-c7ccccc7)ccc5-6)c5ccc6ccccc6c5)ccc4c(-c4ccc5ccccc5c4)c3c2)cc1. The van der Waals surface area contributed by atoms with E-state index < -0.39 is 0 Å². The summed E-state index contributed by atoms with van der Waals surface area (Å²) >= 11 is 0. The van der Waals surface area contributed by atoms with Gasteiger partial charge in [0, 0.05) is 45.0 Å². The minimum atomic E-state index is -0.263.